The molecule has 1 aliphatic heterocycles. The van der Waals surface area contributed by atoms with E-state index in [-0.39, 0.29) is 0 Å². The second kappa shape index (κ2) is 5.51. The highest BCUT2D eigenvalue weighted by Crippen LogP contribution is 2.07. The van der Waals surface area contributed by atoms with Gasteiger partial charge in [0, 0.05) is 32.8 Å². The first-order valence-corrected chi connectivity index (χ1v) is 4.80. The fourth-order valence-electron chi connectivity index (χ4n) is 1.73. The van der Waals surface area contributed by atoms with Gasteiger partial charge in [-0.05, 0) is 25.8 Å². The number of methoxy groups -OCH3 is 1. The average Bonchev–Trinajstić information content (AvgIpc) is 2.05. The van der Waals surface area contributed by atoms with Crippen LogP contribution in [0.4, 0.5) is 0 Å². The van der Waals surface area contributed by atoms with Gasteiger partial charge in [-0.15, -0.1) is 0 Å². The van der Waals surface area contributed by atoms with Crippen LogP contribution in [0.2, 0.25) is 0 Å². The lowest BCUT2D eigenvalue weighted by molar-refractivity contribution is 0.156. The van der Waals surface area contributed by atoms with Crippen LogP contribution >= 0.6 is 0 Å². The Morgan fingerprint density at radius 2 is 2.42 bits per heavy atom. The van der Waals surface area contributed by atoms with E-state index in [1.165, 1.54) is 19.4 Å². The predicted molar refractivity (Wildman–Crippen MR) is 50.1 cm³/mol. The molecule has 1 rings (SSSR count). The van der Waals surface area contributed by atoms with E-state index in [2.05, 4.69) is 4.90 Å². The van der Waals surface area contributed by atoms with Gasteiger partial charge in [0.05, 0.1) is 0 Å². The molecular weight excluding hydrogens is 152 g/mol. The largest absolute Gasteiger partial charge is 0.385 e. The summed E-state index contributed by atoms with van der Waals surface area (Å²) >= 11 is 0. The number of ether oxygens (including phenoxy) is 1. The van der Waals surface area contributed by atoms with Crippen LogP contribution in [-0.2, 0) is 4.74 Å². The molecule has 72 valence electrons. The van der Waals surface area contributed by atoms with Crippen molar-refractivity contribution >= 4 is 0 Å². The summed E-state index contributed by atoms with van der Waals surface area (Å²) in [6.45, 7) is 4.30. The maximum atomic E-state index is 5.86. The van der Waals surface area contributed by atoms with Crippen LogP contribution in [0.3, 0.4) is 0 Å². The summed E-state index contributed by atoms with van der Waals surface area (Å²) < 4.78 is 5.00. The van der Waals surface area contributed by atoms with E-state index in [9.17, 15) is 0 Å². The van der Waals surface area contributed by atoms with Crippen molar-refractivity contribution in [1.29, 1.82) is 0 Å². The standard InChI is InChI=1S/C9H20N2O/c1-12-7-3-6-11-5-2-4-9(10)8-11/h9H,2-8,10H2,1H3/t9-/m0/s1. The topological polar surface area (TPSA) is 38.5 Å². The molecule has 0 spiro atoms. The third-order valence-electron chi connectivity index (χ3n) is 2.36. The summed E-state index contributed by atoms with van der Waals surface area (Å²) in [6, 6.07) is 0.404. The monoisotopic (exact) mass is 172 g/mol. The van der Waals surface area contributed by atoms with Crippen LogP contribution in [0, 0.1) is 0 Å². The zero-order valence-electron chi connectivity index (χ0n) is 7.96. The maximum absolute atomic E-state index is 5.86. The third-order valence-corrected chi connectivity index (χ3v) is 2.36. The quantitative estimate of drug-likeness (QED) is 0.626. The van der Waals surface area contributed by atoms with E-state index >= 15 is 0 Å². The van der Waals surface area contributed by atoms with Gasteiger partial charge in [0.15, 0.2) is 0 Å². The van der Waals surface area contributed by atoms with Crippen molar-refractivity contribution in [2.45, 2.75) is 25.3 Å². The Morgan fingerprint density at radius 1 is 1.58 bits per heavy atom. The Labute approximate surface area is 74.9 Å². The van der Waals surface area contributed by atoms with E-state index in [1.54, 1.807) is 7.11 Å². The van der Waals surface area contributed by atoms with Crippen LogP contribution in [0.15, 0.2) is 0 Å². The molecule has 1 saturated heterocycles. The third kappa shape index (κ3) is 3.52. The average molecular weight is 172 g/mol. The van der Waals surface area contributed by atoms with Gasteiger partial charge in [0.1, 0.15) is 0 Å². The fraction of sp³-hybridized carbons (Fsp3) is 1.00. The first-order chi connectivity index (χ1) is 5.83. The highest BCUT2D eigenvalue weighted by molar-refractivity contribution is 4.74. The van der Waals surface area contributed by atoms with Crippen molar-refractivity contribution in [2.75, 3.05) is 33.4 Å². The lowest BCUT2D eigenvalue weighted by Gasteiger charge is -2.30. The SMILES string of the molecule is COCCCN1CCC[C@H](N)C1. The summed E-state index contributed by atoms with van der Waals surface area (Å²) in [5, 5.41) is 0. The Hall–Kier alpha value is -0.120. The highest BCUT2D eigenvalue weighted by atomic mass is 16.5. The number of hydrogen-bond donors (Lipinski definition) is 1. The molecule has 0 amide bonds. The molecule has 0 radical (unpaired) electrons. The molecule has 1 atom stereocenters. The van der Waals surface area contributed by atoms with E-state index in [4.69, 9.17) is 10.5 Å². The molecule has 3 nitrogen and oxygen atoms in total. The fourth-order valence-corrected chi connectivity index (χ4v) is 1.73. The number of piperidine rings is 1. The number of nitrogens with zero attached hydrogens (tertiary/aromatic N) is 1. The first kappa shape index (κ1) is 9.96. The molecule has 0 aromatic carbocycles. The van der Waals surface area contributed by atoms with Crippen molar-refractivity contribution < 1.29 is 4.74 Å². The Bertz CT molecular complexity index is 119. The number of hydrogen-bond acceptors (Lipinski definition) is 3. The lowest BCUT2D eigenvalue weighted by atomic mass is 10.1. The Balaban J connectivity index is 2.06. The number of rotatable bonds is 4. The minimum Gasteiger partial charge on any atom is -0.385 e. The molecule has 1 heterocycles. The van der Waals surface area contributed by atoms with Crippen LogP contribution in [0.25, 0.3) is 0 Å². The van der Waals surface area contributed by atoms with Crippen LogP contribution in [0.1, 0.15) is 19.3 Å². The van der Waals surface area contributed by atoms with Crippen molar-refractivity contribution in [2.24, 2.45) is 5.73 Å². The molecule has 1 aliphatic rings. The summed E-state index contributed by atoms with van der Waals surface area (Å²) in [4.78, 5) is 2.44. The second-order valence-electron chi connectivity index (χ2n) is 3.55. The first-order valence-electron chi connectivity index (χ1n) is 4.80. The van der Waals surface area contributed by atoms with Gasteiger partial charge in [-0.2, -0.15) is 0 Å². The minimum atomic E-state index is 0.404. The normalized spacial score (nSPS) is 26.0. The second-order valence-corrected chi connectivity index (χ2v) is 3.55. The minimum absolute atomic E-state index is 0.404. The molecule has 3 heteroatoms. The molecular formula is C9H20N2O. The van der Waals surface area contributed by atoms with Gasteiger partial charge in [-0.25, -0.2) is 0 Å². The molecule has 1 fully saturated rings. The van der Waals surface area contributed by atoms with Crippen LogP contribution in [-0.4, -0.2) is 44.3 Å². The number of nitrogens with two attached hydrogens (primary N) is 1. The van der Waals surface area contributed by atoms with E-state index in [1.807, 2.05) is 0 Å². The Morgan fingerprint density at radius 3 is 3.08 bits per heavy atom. The molecule has 0 saturated carbocycles. The van der Waals surface area contributed by atoms with Crippen LogP contribution < -0.4 is 5.73 Å². The summed E-state index contributed by atoms with van der Waals surface area (Å²) in [6.07, 6.45) is 3.58. The van der Waals surface area contributed by atoms with Gasteiger partial charge >= 0.3 is 0 Å². The van der Waals surface area contributed by atoms with Gasteiger partial charge in [-0.3, -0.25) is 0 Å². The van der Waals surface area contributed by atoms with Gasteiger partial charge in [0.2, 0.25) is 0 Å². The summed E-state index contributed by atoms with van der Waals surface area (Å²) in [7, 11) is 1.75. The molecule has 12 heavy (non-hydrogen) atoms. The zero-order chi connectivity index (χ0) is 8.81. The predicted octanol–water partition coefficient (Wildman–Crippen LogP) is 0.446. The number of likely N-dealkylation sites (tertiary alicyclic amines) is 1. The molecule has 0 unspecified atom stereocenters. The summed E-state index contributed by atoms with van der Waals surface area (Å²) in [5.41, 5.74) is 5.86. The molecule has 0 aromatic heterocycles. The maximum Gasteiger partial charge on any atom is 0.0474 e. The van der Waals surface area contributed by atoms with Gasteiger partial charge in [-0.1, -0.05) is 0 Å². The smallest absolute Gasteiger partial charge is 0.0474 e. The van der Waals surface area contributed by atoms with Crippen molar-refractivity contribution in [3.8, 4) is 0 Å². The van der Waals surface area contributed by atoms with Crippen molar-refractivity contribution in [3.05, 3.63) is 0 Å². The molecule has 0 aromatic rings. The van der Waals surface area contributed by atoms with Crippen LogP contribution in [0.5, 0.6) is 0 Å². The molecule has 0 aliphatic carbocycles. The lowest BCUT2D eigenvalue weighted by Crippen LogP contribution is -2.43. The van der Waals surface area contributed by atoms with Gasteiger partial charge < -0.3 is 15.4 Å². The van der Waals surface area contributed by atoms with Crippen molar-refractivity contribution in [3.63, 3.8) is 0 Å². The van der Waals surface area contributed by atoms with E-state index in [0.29, 0.717) is 6.04 Å². The van der Waals surface area contributed by atoms with E-state index < -0.39 is 0 Å². The van der Waals surface area contributed by atoms with Crippen molar-refractivity contribution in [1.82, 2.24) is 4.90 Å². The van der Waals surface area contributed by atoms with Gasteiger partial charge in [0.25, 0.3) is 0 Å². The zero-order valence-corrected chi connectivity index (χ0v) is 7.96. The Kier molecular flexibility index (Phi) is 4.58. The highest BCUT2D eigenvalue weighted by Gasteiger charge is 2.15. The van der Waals surface area contributed by atoms with E-state index in [0.717, 1.165) is 26.1 Å². The molecule has 0 bridgehead atoms. The summed E-state index contributed by atoms with van der Waals surface area (Å²) in [5.74, 6) is 0. The molecule has 2 N–H and O–H groups in total.